The number of amides is 1. The second-order valence-corrected chi connectivity index (χ2v) is 5.15. The number of aliphatic carboxylic acids is 1. The highest BCUT2D eigenvalue weighted by molar-refractivity contribution is 6.25. The molecule has 1 heterocycles. The Hall–Kier alpha value is -1.23. The van der Waals surface area contributed by atoms with Gasteiger partial charge in [-0.1, -0.05) is 11.6 Å². The normalized spacial score (nSPS) is 22.9. The zero-order chi connectivity index (χ0) is 13.2. The molecule has 0 aromatic heterocycles. The maximum absolute atomic E-state index is 11.8. The number of hydrogen-bond acceptors (Lipinski definition) is 3. The molecule has 1 aliphatic rings. The number of rotatable bonds is 1. The topological polar surface area (TPSA) is 66.8 Å². The molecular weight excluding hydrogens is 246 g/mol. The van der Waals surface area contributed by atoms with Gasteiger partial charge in [-0.2, -0.15) is 0 Å². The van der Waals surface area contributed by atoms with Crippen LogP contribution < -0.4 is 0 Å². The molecule has 0 bridgehead atoms. The van der Waals surface area contributed by atoms with E-state index in [0.717, 1.165) is 0 Å². The summed E-state index contributed by atoms with van der Waals surface area (Å²) < 4.78 is 5.15. The lowest BCUT2D eigenvalue weighted by atomic mass is 10.2. The lowest BCUT2D eigenvalue weighted by Crippen LogP contribution is -2.43. The van der Waals surface area contributed by atoms with E-state index in [1.54, 1.807) is 20.8 Å². The number of carbonyl (C=O) groups excluding carboxylic acids is 1. The molecule has 0 aliphatic carbocycles. The van der Waals surface area contributed by atoms with Gasteiger partial charge in [0.15, 0.2) is 0 Å². The molecule has 0 radical (unpaired) electrons. The maximum Gasteiger partial charge on any atom is 0.411 e. The maximum atomic E-state index is 11.8. The Balaban J connectivity index is 2.81. The van der Waals surface area contributed by atoms with Gasteiger partial charge in [0.2, 0.25) is 0 Å². The van der Waals surface area contributed by atoms with Gasteiger partial charge in [-0.25, -0.2) is 9.59 Å². The molecule has 1 aliphatic heterocycles. The first kappa shape index (κ1) is 13.8. The minimum atomic E-state index is -1.05. The van der Waals surface area contributed by atoms with E-state index in [0.29, 0.717) is 5.57 Å². The van der Waals surface area contributed by atoms with Gasteiger partial charge >= 0.3 is 12.1 Å². The van der Waals surface area contributed by atoms with E-state index in [4.69, 9.17) is 21.4 Å². The zero-order valence-electron chi connectivity index (χ0n) is 10.1. The van der Waals surface area contributed by atoms with Crippen LogP contribution in [0.2, 0.25) is 0 Å². The molecule has 0 aromatic carbocycles. The Morgan fingerprint density at radius 2 is 2.12 bits per heavy atom. The Labute approximate surface area is 105 Å². The van der Waals surface area contributed by atoms with Crippen molar-refractivity contribution in [3.05, 3.63) is 11.1 Å². The predicted molar refractivity (Wildman–Crippen MR) is 62.9 cm³/mol. The molecule has 6 heteroatoms. The molecule has 17 heavy (non-hydrogen) atoms. The van der Waals surface area contributed by atoms with Crippen LogP contribution in [0.25, 0.3) is 0 Å². The van der Waals surface area contributed by atoms with Gasteiger partial charge in [0, 0.05) is 18.5 Å². The third kappa shape index (κ3) is 3.63. The number of carbonyl (C=O) groups is 2. The third-order valence-corrected chi connectivity index (χ3v) is 2.58. The van der Waals surface area contributed by atoms with E-state index < -0.39 is 23.7 Å². The molecule has 0 unspecified atom stereocenters. The lowest BCUT2D eigenvalue weighted by Gasteiger charge is -2.26. The SMILES string of the molecule is CC(C)(C)OC(=O)N1CC(=CCl)C[C@H]1C(=O)O. The smallest absolute Gasteiger partial charge is 0.411 e. The molecule has 0 spiro atoms. The molecule has 0 aromatic rings. The summed E-state index contributed by atoms with van der Waals surface area (Å²) >= 11 is 5.55. The molecule has 0 saturated carbocycles. The fourth-order valence-corrected chi connectivity index (χ4v) is 1.72. The predicted octanol–water partition coefficient (Wildman–Crippen LogP) is 2.20. The van der Waals surface area contributed by atoms with Crippen molar-refractivity contribution in [1.82, 2.24) is 4.90 Å². The van der Waals surface area contributed by atoms with Crippen molar-refractivity contribution in [3.63, 3.8) is 0 Å². The van der Waals surface area contributed by atoms with Crippen molar-refractivity contribution in [1.29, 1.82) is 0 Å². The van der Waals surface area contributed by atoms with Crippen LogP contribution in [0.1, 0.15) is 27.2 Å². The van der Waals surface area contributed by atoms with Gasteiger partial charge in [-0.3, -0.25) is 4.90 Å². The number of carboxylic acids is 1. The average molecular weight is 262 g/mol. The molecule has 1 N–H and O–H groups in total. The van der Waals surface area contributed by atoms with Crippen LogP contribution in [0, 0.1) is 0 Å². The summed E-state index contributed by atoms with van der Waals surface area (Å²) in [5, 5.41) is 9.02. The van der Waals surface area contributed by atoms with Crippen molar-refractivity contribution >= 4 is 23.7 Å². The molecule has 5 nitrogen and oxygen atoms in total. The van der Waals surface area contributed by atoms with Crippen LogP contribution >= 0.6 is 11.6 Å². The number of nitrogens with zero attached hydrogens (tertiary/aromatic N) is 1. The Bertz CT molecular complexity index is 359. The summed E-state index contributed by atoms with van der Waals surface area (Å²) in [6.45, 7) is 5.40. The second kappa shape index (κ2) is 4.96. The molecule has 96 valence electrons. The fourth-order valence-electron chi connectivity index (χ4n) is 1.56. The Morgan fingerprint density at radius 3 is 2.53 bits per heavy atom. The summed E-state index contributed by atoms with van der Waals surface area (Å²) in [6, 6.07) is -0.894. The number of likely N-dealkylation sites (tertiary alicyclic amines) is 1. The molecular formula is C11H16ClNO4. The number of carboxylic acid groups (broad SMARTS) is 1. The van der Waals surface area contributed by atoms with Crippen molar-refractivity contribution in [2.75, 3.05) is 6.54 Å². The lowest BCUT2D eigenvalue weighted by molar-refractivity contribution is -0.142. The molecule has 1 fully saturated rings. The third-order valence-electron chi connectivity index (χ3n) is 2.27. The van der Waals surface area contributed by atoms with E-state index in [2.05, 4.69) is 0 Å². The molecule has 1 saturated heterocycles. The Morgan fingerprint density at radius 1 is 1.53 bits per heavy atom. The molecule has 1 rings (SSSR count). The first-order valence-electron chi connectivity index (χ1n) is 5.25. The van der Waals surface area contributed by atoms with Gasteiger partial charge in [-0.15, -0.1) is 0 Å². The fraction of sp³-hybridized carbons (Fsp3) is 0.636. The molecule has 1 atom stereocenters. The largest absolute Gasteiger partial charge is 0.480 e. The van der Waals surface area contributed by atoms with E-state index in [1.807, 2.05) is 0 Å². The highest BCUT2D eigenvalue weighted by Gasteiger charge is 2.38. The van der Waals surface area contributed by atoms with Crippen molar-refractivity contribution in [2.24, 2.45) is 0 Å². The molecule has 1 amide bonds. The average Bonchev–Trinajstić information content (AvgIpc) is 2.58. The van der Waals surface area contributed by atoms with E-state index in [-0.39, 0.29) is 13.0 Å². The van der Waals surface area contributed by atoms with Gasteiger partial charge in [0.05, 0.1) is 0 Å². The monoisotopic (exact) mass is 261 g/mol. The van der Waals surface area contributed by atoms with Crippen LogP contribution in [-0.2, 0) is 9.53 Å². The van der Waals surface area contributed by atoms with Gasteiger partial charge in [-0.05, 0) is 26.3 Å². The van der Waals surface area contributed by atoms with Crippen molar-refractivity contribution < 1.29 is 19.4 Å². The van der Waals surface area contributed by atoms with Gasteiger partial charge in [0.25, 0.3) is 0 Å². The summed E-state index contributed by atoms with van der Waals surface area (Å²) in [5.74, 6) is -1.05. The van der Waals surface area contributed by atoms with Crippen molar-refractivity contribution in [3.8, 4) is 0 Å². The number of halogens is 1. The van der Waals surface area contributed by atoms with Crippen LogP contribution in [0.3, 0.4) is 0 Å². The summed E-state index contributed by atoms with van der Waals surface area (Å²) in [7, 11) is 0. The van der Waals surface area contributed by atoms with E-state index >= 15 is 0 Å². The first-order valence-corrected chi connectivity index (χ1v) is 5.69. The van der Waals surface area contributed by atoms with Crippen LogP contribution in [-0.4, -0.2) is 40.3 Å². The number of ether oxygens (including phenoxy) is 1. The highest BCUT2D eigenvalue weighted by atomic mass is 35.5. The van der Waals surface area contributed by atoms with Crippen LogP contribution in [0.15, 0.2) is 11.1 Å². The highest BCUT2D eigenvalue weighted by Crippen LogP contribution is 2.25. The van der Waals surface area contributed by atoms with Crippen molar-refractivity contribution in [2.45, 2.75) is 38.8 Å². The van der Waals surface area contributed by atoms with Crippen LogP contribution in [0.4, 0.5) is 4.79 Å². The Kier molecular flexibility index (Phi) is 4.03. The first-order chi connectivity index (χ1) is 7.74. The minimum Gasteiger partial charge on any atom is -0.480 e. The van der Waals surface area contributed by atoms with Gasteiger partial charge in [0.1, 0.15) is 11.6 Å². The zero-order valence-corrected chi connectivity index (χ0v) is 10.8. The van der Waals surface area contributed by atoms with Gasteiger partial charge < -0.3 is 9.84 Å². The summed E-state index contributed by atoms with van der Waals surface area (Å²) in [4.78, 5) is 24.0. The number of hydrogen-bond donors (Lipinski definition) is 1. The standard InChI is InChI=1S/C11H16ClNO4/c1-11(2,3)17-10(16)13-6-7(5-12)4-8(13)9(14)15/h5,8H,4,6H2,1-3H3,(H,14,15)/t8-/m0/s1. The summed E-state index contributed by atoms with van der Waals surface area (Å²) in [5.41, 5.74) is 1.39. The second-order valence-electron chi connectivity index (χ2n) is 4.93. The van der Waals surface area contributed by atoms with E-state index in [9.17, 15) is 9.59 Å². The minimum absolute atomic E-state index is 0.204. The summed E-state index contributed by atoms with van der Waals surface area (Å²) in [6.07, 6.45) is -0.378. The van der Waals surface area contributed by atoms with Crippen LogP contribution in [0.5, 0.6) is 0 Å². The quantitative estimate of drug-likeness (QED) is 0.786. The van der Waals surface area contributed by atoms with E-state index in [1.165, 1.54) is 10.4 Å².